The number of amides is 1. The van der Waals surface area contributed by atoms with Crippen LogP contribution in [-0.4, -0.2) is 33.2 Å². The molecule has 0 fully saturated rings. The number of halogens is 2. The summed E-state index contributed by atoms with van der Waals surface area (Å²) in [6, 6.07) is 2.95. The third-order valence-electron chi connectivity index (χ3n) is 4.11. The van der Waals surface area contributed by atoms with Crippen molar-refractivity contribution in [1.29, 1.82) is 0 Å². The van der Waals surface area contributed by atoms with Gasteiger partial charge < -0.3 is 4.90 Å². The monoisotopic (exact) mass is 351 g/mol. The maximum atomic E-state index is 13.4. The molecule has 0 spiro atoms. The fraction of sp³-hybridized carbons (Fsp3) is 0.312. The standard InChI is InChI=1S/C16H15F2N3O2S/c1-9(10-3-4-12(17)13(18)7-10)20(2)14(22)11-8-19-16-21(15(11)23)5-6-24-16/h3-4,7-9H,5-6H2,1-2H3. The van der Waals surface area contributed by atoms with Crippen LogP contribution in [0.2, 0.25) is 0 Å². The smallest absolute Gasteiger partial charge is 0.267 e. The van der Waals surface area contributed by atoms with Gasteiger partial charge in [0.1, 0.15) is 5.56 Å². The van der Waals surface area contributed by atoms with Gasteiger partial charge in [-0.3, -0.25) is 14.2 Å². The van der Waals surface area contributed by atoms with Crippen LogP contribution < -0.4 is 5.56 Å². The van der Waals surface area contributed by atoms with Crippen molar-refractivity contribution in [2.45, 2.75) is 24.7 Å². The number of thioether (sulfide) groups is 1. The van der Waals surface area contributed by atoms with Gasteiger partial charge in [0.05, 0.1) is 6.04 Å². The predicted molar refractivity (Wildman–Crippen MR) is 86.1 cm³/mol. The second kappa shape index (κ2) is 6.35. The van der Waals surface area contributed by atoms with Crippen molar-refractivity contribution in [2.75, 3.05) is 12.8 Å². The lowest BCUT2D eigenvalue weighted by molar-refractivity contribution is 0.0739. The van der Waals surface area contributed by atoms with Crippen molar-refractivity contribution in [3.05, 3.63) is 57.5 Å². The molecule has 1 unspecified atom stereocenters. The third kappa shape index (κ3) is 2.82. The molecule has 8 heteroatoms. The molecule has 0 aliphatic carbocycles. The van der Waals surface area contributed by atoms with E-state index < -0.39 is 23.6 Å². The Hall–Kier alpha value is -2.22. The molecule has 1 aliphatic heterocycles. The molecule has 0 radical (unpaired) electrons. The highest BCUT2D eigenvalue weighted by Crippen LogP contribution is 2.23. The van der Waals surface area contributed by atoms with Gasteiger partial charge in [0, 0.05) is 25.5 Å². The topological polar surface area (TPSA) is 55.2 Å². The van der Waals surface area contributed by atoms with Gasteiger partial charge >= 0.3 is 0 Å². The highest BCUT2D eigenvalue weighted by atomic mass is 32.2. The maximum absolute atomic E-state index is 13.4. The van der Waals surface area contributed by atoms with E-state index in [-0.39, 0.29) is 11.1 Å². The molecule has 24 heavy (non-hydrogen) atoms. The molecular weight excluding hydrogens is 336 g/mol. The molecule has 0 N–H and O–H groups in total. The van der Waals surface area contributed by atoms with Crippen LogP contribution in [0, 0.1) is 11.6 Å². The minimum atomic E-state index is -0.975. The second-order valence-electron chi connectivity index (χ2n) is 5.53. The van der Waals surface area contributed by atoms with Crippen molar-refractivity contribution in [3.63, 3.8) is 0 Å². The molecule has 1 aliphatic rings. The predicted octanol–water partition coefficient (Wildman–Crippen LogP) is 2.46. The summed E-state index contributed by atoms with van der Waals surface area (Å²) in [5.41, 5.74) is 0.0343. The molecule has 0 saturated carbocycles. The molecule has 3 rings (SSSR count). The van der Waals surface area contributed by atoms with E-state index in [1.165, 1.54) is 40.5 Å². The maximum Gasteiger partial charge on any atom is 0.267 e. The van der Waals surface area contributed by atoms with Crippen molar-refractivity contribution < 1.29 is 13.6 Å². The lowest BCUT2D eigenvalue weighted by Gasteiger charge is -2.25. The van der Waals surface area contributed by atoms with Crippen LogP contribution in [-0.2, 0) is 6.54 Å². The van der Waals surface area contributed by atoms with Crippen LogP contribution in [0.5, 0.6) is 0 Å². The van der Waals surface area contributed by atoms with Gasteiger partial charge in [0.25, 0.3) is 11.5 Å². The Morgan fingerprint density at radius 2 is 2.12 bits per heavy atom. The Labute approximate surface area is 141 Å². The fourth-order valence-corrected chi connectivity index (χ4v) is 3.44. The first kappa shape index (κ1) is 16.6. The van der Waals surface area contributed by atoms with Crippen LogP contribution in [0.3, 0.4) is 0 Å². The zero-order valence-electron chi connectivity index (χ0n) is 13.1. The fourth-order valence-electron chi connectivity index (χ4n) is 2.53. The average Bonchev–Trinajstić information content (AvgIpc) is 3.05. The van der Waals surface area contributed by atoms with Crippen LogP contribution in [0.1, 0.15) is 28.9 Å². The zero-order chi connectivity index (χ0) is 17.4. The van der Waals surface area contributed by atoms with Crippen LogP contribution in [0.25, 0.3) is 0 Å². The number of fused-ring (bicyclic) bond motifs is 1. The van der Waals surface area contributed by atoms with Gasteiger partial charge in [0.2, 0.25) is 0 Å². The minimum Gasteiger partial charge on any atom is -0.335 e. The zero-order valence-corrected chi connectivity index (χ0v) is 13.9. The SMILES string of the molecule is CC(c1ccc(F)c(F)c1)N(C)C(=O)c1cnc2n(c1=O)CCS2. The normalized spacial score (nSPS) is 14.3. The molecule has 2 heterocycles. The third-order valence-corrected chi connectivity index (χ3v) is 5.09. The molecule has 1 aromatic carbocycles. The number of carbonyl (C=O) groups is 1. The number of hydrogen-bond donors (Lipinski definition) is 0. The molecule has 1 atom stereocenters. The summed E-state index contributed by atoms with van der Waals surface area (Å²) in [5, 5.41) is 0.604. The second-order valence-corrected chi connectivity index (χ2v) is 6.59. The highest BCUT2D eigenvalue weighted by Gasteiger charge is 2.25. The summed E-state index contributed by atoms with van der Waals surface area (Å²) in [6.07, 6.45) is 1.28. The van der Waals surface area contributed by atoms with Crippen molar-refractivity contribution in [2.24, 2.45) is 0 Å². The van der Waals surface area contributed by atoms with Crippen molar-refractivity contribution in [3.8, 4) is 0 Å². The van der Waals surface area contributed by atoms with Crippen molar-refractivity contribution in [1.82, 2.24) is 14.5 Å². The van der Waals surface area contributed by atoms with Gasteiger partial charge in [-0.05, 0) is 24.6 Å². The van der Waals surface area contributed by atoms with Crippen LogP contribution >= 0.6 is 11.8 Å². The summed E-state index contributed by atoms with van der Waals surface area (Å²) in [4.78, 5) is 30.5. The number of benzene rings is 1. The number of nitrogens with zero attached hydrogens (tertiary/aromatic N) is 3. The molecule has 5 nitrogen and oxygen atoms in total. The van der Waals surface area contributed by atoms with Crippen LogP contribution in [0.15, 0.2) is 34.3 Å². The minimum absolute atomic E-state index is 0.0295. The molecular formula is C16H15F2N3O2S. The molecule has 1 aromatic heterocycles. The van der Waals surface area contributed by atoms with E-state index in [4.69, 9.17) is 0 Å². The van der Waals surface area contributed by atoms with Crippen LogP contribution in [0.4, 0.5) is 8.78 Å². The Bertz CT molecular complexity index is 869. The molecule has 1 amide bonds. The number of aromatic nitrogens is 2. The quantitative estimate of drug-likeness (QED) is 0.797. The first-order valence-corrected chi connectivity index (χ1v) is 8.33. The average molecular weight is 351 g/mol. The Balaban J connectivity index is 1.89. The van der Waals surface area contributed by atoms with E-state index in [1.54, 1.807) is 6.92 Å². The van der Waals surface area contributed by atoms with E-state index in [0.717, 1.165) is 17.9 Å². The molecule has 0 saturated heterocycles. The lowest BCUT2D eigenvalue weighted by atomic mass is 10.1. The van der Waals surface area contributed by atoms with E-state index >= 15 is 0 Å². The highest BCUT2D eigenvalue weighted by molar-refractivity contribution is 7.99. The number of hydrogen-bond acceptors (Lipinski definition) is 4. The largest absolute Gasteiger partial charge is 0.335 e. The first-order chi connectivity index (χ1) is 11.4. The van der Waals surface area contributed by atoms with E-state index in [2.05, 4.69) is 4.98 Å². The van der Waals surface area contributed by atoms with E-state index in [9.17, 15) is 18.4 Å². The van der Waals surface area contributed by atoms with Gasteiger partial charge in [0.15, 0.2) is 16.8 Å². The van der Waals surface area contributed by atoms with Crippen molar-refractivity contribution >= 4 is 17.7 Å². The number of rotatable bonds is 3. The van der Waals surface area contributed by atoms with E-state index in [1.807, 2.05) is 0 Å². The summed E-state index contributed by atoms with van der Waals surface area (Å²) < 4.78 is 27.9. The molecule has 2 aromatic rings. The lowest BCUT2D eigenvalue weighted by Crippen LogP contribution is -2.36. The Kier molecular flexibility index (Phi) is 4.40. The molecule has 126 valence electrons. The van der Waals surface area contributed by atoms with Gasteiger partial charge in [-0.15, -0.1) is 0 Å². The summed E-state index contributed by atoms with van der Waals surface area (Å²) in [5.74, 6) is -1.67. The van der Waals surface area contributed by atoms with Gasteiger partial charge in [-0.25, -0.2) is 13.8 Å². The number of carbonyl (C=O) groups excluding carboxylic acids is 1. The van der Waals surface area contributed by atoms with Gasteiger partial charge in [-0.2, -0.15) is 0 Å². The Morgan fingerprint density at radius 3 is 2.83 bits per heavy atom. The summed E-state index contributed by atoms with van der Waals surface area (Å²) in [7, 11) is 1.51. The van der Waals surface area contributed by atoms with E-state index in [0.29, 0.717) is 17.3 Å². The first-order valence-electron chi connectivity index (χ1n) is 7.35. The summed E-state index contributed by atoms with van der Waals surface area (Å²) >= 11 is 1.47. The Morgan fingerprint density at radius 1 is 1.38 bits per heavy atom. The summed E-state index contributed by atoms with van der Waals surface area (Å²) in [6.45, 7) is 2.20. The molecule has 0 bridgehead atoms. The van der Waals surface area contributed by atoms with Gasteiger partial charge in [-0.1, -0.05) is 17.8 Å².